The number of carbonyl (C=O) groups is 1. The van der Waals surface area contributed by atoms with Crippen LogP contribution < -0.4 is 0 Å². The predicted octanol–water partition coefficient (Wildman–Crippen LogP) is 6.52. The van der Waals surface area contributed by atoms with Gasteiger partial charge in [-0.2, -0.15) is 14.9 Å². The predicted molar refractivity (Wildman–Crippen MR) is 134 cm³/mol. The minimum atomic E-state index is -1.09. The van der Waals surface area contributed by atoms with Gasteiger partial charge < -0.3 is 5.11 Å². The van der Waals surface area contributed by atoms with Crippen LogP contribution in [0, 0.1) is 13.8 Å². The fourth-order valence-electron chi connectivity index (χ4n) is 3.52. The molecule has 0 aliphatic heterocycles. The molecule has 3 aromatic heterocycles. The molecule has 0 aliphatic rings. The van der Waals surface area contributed by atoms with Crippen molar-refractivity contribution in [1.82, 2.24) is 24.5 Å². The molecule has 0 aliphatic carbocycles. The molecule has 7 nitrogen and oxygen atoms in total. The Bertz CT molecular complexity index is 1370. The van der Waals surface area contributed by atoms with Crippen LogP contribution in [0.2, 0.25) is 10.0 Å². The standard InChI is InChI=1S/C22H21Cl2N5O2S2/c1-10(2)32-21-18(13-6-7-14(23)15(24)9-13)25-22(33-21)29-19(20(30)31)17(12(4)27-29)16-8-11(3)26-28(16)5/h6-10H,1-5H3,(H,30,31). The number of aryl methyl sites for hydroxylation is 3. The molecule has 0 unspecified atom stereocenters. The molecule has 3 heterocycles. The minimum Gasteiger partial charge on any atom is -0.476 e. The second-order valence-corrected chi connectivity index (χ2v) is 11.4. The second-order valence-electron chi connectivity index (χ2n) is 7.75. The summed E-state index contributed by atoms with van der Waals surface area (Å²) in [7, 11) is 1.79. The van der Waals surface area contributed by atoms with Crippen LogP contribution in [0.4, 0.5) is 0 Å². The summed E-state index contributed by atoms with van der Waals surface area (Å²) >= 11 is 15.4. The smallest absolute Gasteiger partial charge is 0.355 e. The first-order chi connectivity index (χ1) is 15.6. The van der Waals surface area contributed by atoms with Gasteiger partial charge in [-0.15, -0.1) is 11.8 Å². The first kappa shape index (κ1) is 23.8. The van der Waals surface area contributed by atoms with Crippen molar-refractivity contribution >= 4 is 52.3 Å². The molecular weight excluding hydrogens is 501 g/mol. The SMILES string of the molecule is Cc1cc(-c2c(C)nn(-c3nc(-c4ccc(Cl)c(Cl)c4)c(SC(C)C)s3)c2C(=O)O)n(C)n1. The van der Waals surface area contributed by atoms with Gasteiger partial charge in [0.2, 0.25) is 5.13 Å². The second kappa shape index (κ2) is 9.13. The molecule has 0 spiro atoms. The summed E-state index contributed by atoms with van der Waals surface area (Å²) in [5, 5.41) is 20.7. The molecule has 172 valence electrons. The lowest BCUT2D eigenvalue weighted by Crippen LogP contribution is -2.09. The van der Waals surface area contributed by atoms with Crippen LogP contribution in [-0.2, 0) is 7.05 Å². The highest BCUT2D eigenvalue weighted by Crippen LogP contribution is 2.42. The molecule has 0 radical (unpaired) electrons. The van der Waals surface area contributed by atoms with Gasteiger partial charge in [-0.05, 0) is 32.0 Å². The molecule has 11 heteroatoms. The Hall–Kier alpha value is -2.33. The molecule has 4 rings (SSSR count). The summed E-state index contributed by atoms with van der Waals surface area (Å²) in [5.74, 6) is -1.09. The van der Waals surface area contributed by atoms with Gasteiger partial charge in [-0.1, -0.05) is 54.5 Å². The summed E-state index contributed by atoms with van der Waals surface area (Å²) in [4.78, 5) is 17.2. The summed E-state index contributed by atoms with van der Waals surface area (Å²) in [6, 6.07) is 7.20. The number of rotatable bonds is 6. The van der Waals surface area contributed by atoms with Crippen LogP contribution in [0.1, 0.15) is 35.7 Å². The molecule has 4 aromatic rings. The number of carboxylic acid groups (broad SMARTS) is 1. The fourth-order valence-corrected chi connectivity index (χ4v) is 6.30. The quantitative estimate of drug-likeness (QED) is 0.290. The van der Waals surface area contributed by atoms with Gasteiger partial charge in [-0.25, -0.2) is 9.78 Å². The van der Waals surface area contributed by atoms with Crippen LogP contribution >= 0.6 is 46.3 Å². The lowest BCUT2D eigenvalue weighted by Gasteiger charge is -2.05. The normalized spacial score (nSPS) is 11.5. The highest BCUT2D eigenvalue weighted by Gasteiger charge is 2.28. The Morgan fingerprint density at radius 3 is 2.45 bits per heavy atom. The zero-order valence-electron chi connectivity index (χ0n) is 18.6. The average Bonchev–Trinajstić information content (AvgIpc) is 3.38. The monoisotopic (exact) mass is 521 g/mol. The van der Waals surface area contributed by atoms with Crippen molar-refractivity contribution in [1.29, 1.82) is 0 Å². The van der Waals surface area contributed by atoms with E-state index >= 15 is 0 Å². The van der Waals surface area contributed by atoms with Crippen molar-refractivity contribution in [2.24, 2.45) is 7.05 Å². The molecular formula is C22H21Cl2N5O2S2. The Morgan fingerprint density at radius 2 is 1.88 bits per heavy atom. The van der Waals surface area contributed by atoms with E-state index in [1.807, 2.05) is 19.1 Å². The van der Waals surface area contributed by atoms with Gasteiger partial charge in [-0.3, -0.25) is 4.68 Å². The number of hydrogen-bond acceptors (Lipinski definition) is 6. The van der Waals surface area contributed by atoms with Gasteiger partial charge in [0.15, 0.2) is 5.69 Å². The molecule has 0 saturated carbocycles. The van der Waals surface area contributed by atoms with Crippen LogP contribution in [-0.4, -0.2) is 40.9 Å². The van der Waals surface area contributed by atoms with E-state index in [-0.39, 0.29) is 5.69 Å². The third-order valence-electron chi connectivity index (χ3n) is 4.82. The number of thiazole rings is 1. The third-order valence-corrected chi connectivity index (χ3v) is 7.80. The molecule has 33 heavy (non-hydrogen) atoms. The van der Waals surface area contributed by atoms with Crippen LogP contribution in [0.5, 0.6) is 0 Å². The van der Waals surface area contributed by atoms with E-state index in [1.54, 1.807) is 42.5 Å². The number of benzene rings is 1. The fraction of sp³-hybridized carbons (Fsp3) is 0.273. The van der Waals surface area contributed by atoms with E-state index in [9.17, 15) is 9.90 Å². The van der Waals surface area contributed by atoms with Gasteiger partial charge in [0.05, 0.1) is 42.6 Å². The van der Waals surface area contributed by atoms with E-state index in [0.717, 1.165) is 21.2 Å². The van der Waals surface area contributed by atoms with Gasteiger partial charge >= 0.3 is 5.97 Å². The molecule has 0 saturated heterocycles. The molecule has 0 amide bonds. The van der Waals surface area contributed by atoms with Crippen molar-refractivity contribution < 1.29 is 9.90 Å². The zero-order valence-corrected chi connectivity index (χ0v) is 21.7. The molecule has 0 atom stereocenters. The lowest BCUT2D eigenvalue weighted by atomic mass is 10.1. The maximum absolute atomic E-state index is 12.4. The van der Waals surface area contributed by atoms with Crippen molar-refractivity contribution in [3.63, 3.8) is 0 Å². The topological polar surface area (TPSA) is 85.8 Å². The number of nitrogens with zero attached hydrogens (tertiary/aromatic N) is 5. The van der Waals surface area contributed by atoms with Crippen LogP contribution in [0.25, 0.3) is 27.6 Å². The highest BCUT2D eigenvalue weighted by atomic mass is 35.5. The van der Waals surface area contributed by atoms with Gasteiger partial charge in [0.1, 0.15) is 0 Å². The number of thioether (sulfide) groups is 1. The molecule has 1 N–H and O–H groups in total. The van der Waals surface area contributed by atoms with E-state index in [0.29, 0.717) is 37.4 Å². The minimum absolute atomic E-state index is 0.0473. The maximum Gasteiger partial charge on any atom is 0.355 e. The number of aromatic nitrogens is 5. The van der Waals surface area contributed by atoms with E-state index in [2.05, 4.69) is 24.0 Å². The van der Waals surface area contributed by atoms with Crippen molar-refractivity contribution in [3.05, 3.63) is 51.4 Å². The van der Waals surface area contributed by atoms with E-state index < -0.39 is 5.97 Å². The average molecular weight is 522 g/mol. The Balaban J connectivity index is 1.93. The highest BCUT2D eigenvalue weighted by molar-refractivity contribution is 8.01. The zero-order chi connectivity index (χ0) is 24.0. The molecule has 0 fully saturated rings. The number of hydrogen-bond donors (Lipinski definition) is 1. The van der Waals surface area contributed by atoms with Crippen molar-refractivity contribution in [2.45, 2.75) is 37.2 Å². The number of carboxylic acids is 1. The van der Waals surface area contributed by atoms with Gasteiger partial charge in [0.25, 0.3) is 0 Å². The maximum atomic E-state index is 12.4. The molecule has 1 aromatic carbocycles. The summed E-state index contributed by atoms with van der Waals surface area (Å²) < 4.78 is 4.02. The first-order valence-corrected chi connectivity index (χ1v) is 12.5. The number of halogens is 2. The van der Waals surface area contributed by atoms with E-state index in [4.69, 9.17) is 28.2 Å². The van der Waals surface area contributed by atoms with E-state index in [1.165, 1.54) is 16.0 Å². The summed E-state index contributed by atoms with van der Waals surface area (Å²) in [6.45, 7) is 7.83. The van der Waals surface area contributed by atoms with Crippen LogP contribution in [0.15, 0.2) is 28.5 Å². The van der Waals surface area contributed by atoms with Crippen LogP contribution in [0.3, 0.4) is 0 Å². The third kappa shape index (κ3) is 4.55. The summed E-state index contributed by atoms with van der Waals surface area (Å²) in [5.41, 5.74) is 4.16. The number of aromatic carboxylic acids is 1. The summed E-state index contributed by atoms with van der Waals surface area (Å²) in [6.07, 6.45) is 0. The molecule has 0 bridgehead atoms. The van der Waals surface area contributed by atoms with Crippen molar-refractivity contribution in [2.75, 3.05) is 0 Å². The van der Waals surface area contributed by atoms with Crippen molar-refractivity contribution in [3.8, 4) is 27.6 Å². The van der Waals surface area contributed by atoms with Gasteiger partial charge in [0, 0.05) is 17.9 Å². The Labute approximate surface area is 209 Å². The Kier molecular flexibility index (Phi) is 6.59. The first-order valence-electron chi connectivity index (χ1n) is 10.0. The largest absolute Gasteiger partial charge is 0.476 e. The lowest BCUT2D eigenvalue weighted by molar-refractivity contribution is 0.0687. The Morgan fingerprint density at radius 1 is 1.15 bits per heavy atom.